The number of hydrogen-bond acceptors (Lipinski definition) is 2. The first kappa shape index (κ1) is 23.2. The van der Waals surface area contributed by atoms with Crippen molar-refractivity contribution < 1.29 is 0 Å². The van der Waals surface area contributed by atoms with E-state index in [2.05, 4.69) is 51.3 Å². The Hall–Kier alpha value is -0.0800. The molecule has 2 aliphatic heterocycles. The lowest BCUT2D eigenvalue weighted by atomic mass is 9.81. The van der Waals surface area contributed by atoms with E-state index in [1.807, 2.05) is 0 Å². The predicted octanol–water partition coefficient (Wildman–Crippen LogP) is 6.31. The molecule has 0 aromatic carbocycles. The van der Waals surface area contributed by atoms with Gasteiger partial charge in [-0.05, 0) is 94.3 Å². The van der Waals surface area contributed by atoms with Gasteiger partial charge in [0, 0.05) is 12.6 Å². The average molecular weight is 379 g/mol. The van der Waals surface area contributed by atoms with E-state index in [0.29, 0.717) is 0 Å². The smallest absolute Gasteiger partial charge is 0.00953 e. The molecule has 2 heterocycles. The fraction of sp³-hybridized carbons (Fsp3) is 1.00. The first-order valence-corrected chi connectivity index (χ1v) is 12.4. The summed E-state index contributed by atoms with van der Waals surface area (Å²) in [5.74, 6) is 4.63. The minimum absolute atomic E-state index is 0.867. The van der Waals surface area contributed by atoms with E-state index >= 15 is 0 Å². The van der Waals surface area contributed by atoms with Crippen molar-refractivity contribution in [3.05, 3.63) is 0 Å². The molecule has 2 heteroatoms. The highest BCUT2D eigenvalue weighted by atomic mass is 15.2. The zero-order valence-electron chi connectivity index (χ0n) is 19.6. The Labute approximate surface area is 171 Å². The Bertz CT molecular complexity index is 388. The van der Waals surface area contributed by atoms with Crippen molar-refractivity contribution in [3.8, 4) is 0 Å². The van der Waals surface area contributed by atoms with Crippen LogP contribution in [0.2, 0.25) is 0 Å². The maximum Gasteiger partial charge on any atom is 0.00953 e. The van der Waals surface area contributed by atoms with Crippen LogP contribution in [0.25, 0.3) is 0 Å². The van der Waals surface area contributed by atoms with Crippen LogP contribution in [0.15, 0.2) is 0 Å². The number of likely N-dealkylation sites (tertiary alicyclic amines) is 2. The molecule has 160 valence electrons. The maximum atomic E-state index is 2.76. The van der Waals surface area contributed by atoms with Crippen molar-refractivity contribution in [2.45, 2.75) is 99.0 Å². The Morgan fingerprint density at radius 1 is 0.778 bits per heavy atom. The Morgan fingerprint density at radius 3 is 2.00 bits per heavy atom. The normalized spacial score (nSPS) is 34.3. The molecule has 2 saturated heterocycles. The zero-order valence-corrected chi connectivity index (χ0v) is 19.6. The number of hydrogen-bond donors (Lipinski definition) is 0. The summed E-state index contributed by atoms with van der Waals surface area (Å²) in [6, 6.07) is 0.954. The van der Waals surface area contributed by atoms with Gasteiger partial charge in [0.25, 0.3) is 0 Å². The largest absolute Gasteiger partial charge is 0.303 e. The molecule has 0 spiro atoms. The fourth-order valence-corrected chi connectivity index (χ4v) is 5.75. The molecule has 4 atom stereocenters. The van der Waals surface area contributed by atoms with E-state index in [4.69, 9.17) is 0 Å². The molecule has 0 unspecified atom stereocenters. The van der Waals surface area contributed by atoms with Crippen LogP contribution in [0, 0.1) is 29.6 Å². The third-order valence-electron chi connectivity index (χ3n) is 8.01. The average Bonchev–Trinajstić information content (AvgIpc) is 3.10. The molecular formula is C25H50N2. The van der Waals surface area contributed by atoms with E-state index in [1.165, 1.54) is 84.1 Å². The number of nitrogens with zero attached hydrogens (tertiary/aromatic N) is 2. The SMILES string of the molecule is CCCN1CC[C@H](C)[C@H](C(C)C)CC1.C[C@@H]1CCN(C2CCCC2)C[C@@H]1C. The van der Waals surface area contributed by atoms with Crippen LogP contribution in [-0.2, 0) is 0 Å². The lowest BCUT2D eigenvalue weighted by molar-refractivity contribution is 0.0977. The number of rotatable bonds is 4. The molecule has 1 saturated carbocycles. The molecule has 3 aliphatic rings. The van der Waals surface area contributed by atoms with E-state index < -0.39 is 0 Å². The van der Waals surface area contributed by atoms with E-state index in [1.54, 1.807) is 0 Å². The monoisotopic (exact) mass is 378 g/mol. The molecule has 1 aliphatic carbocycles. The van der Waals surface area contributed by atoms with Gasteiger partial charge in [0.1, 0.15) is 0 Å². The third kappa shape index (κ3) is 7.35. The van der Waals surface area contributed by atoms with Crippen LogP contribution in [-0.4, -0.2) is 48.6 Å². The van der Waals surface area contributed by atoms with Gasteiger partial charge in [0.15, 0.2) is 0 Å². The van der Waals surface area contributed by atoms with Gasteiger partial charge >= 0.3 is 0 Å². The van der Waals surface area contributed by atoms with Gasteiger partial charge in [-0.2, -0.15) is 0 Å². The van der Waals surface area contributed by atoms with Crippen molar-refractivity contribution in [1.29, 1.82) is 0 Å². The topological polar surface area (TPSA) is 6.48 Å². The van der Waals surface area contributed by atoms with Gasteiger partial charge in [-0.25, -0.2) is 0 Å². The van der Waals surface area contributed by atoms with E-state index in [9.17, 15) is 0 Å². The van der Waals surface area contributed by atoms with Crippen molar-refractivity contribution in [1.82, 2.24) is 9.80 Å². The number of piperidine rings is 1. The van der Waals surface area contributed by atoms with Crippen LogP contribution in [0.4, 0.5) is 0 Å². The Kier molecular flexibility index (Phi) is 10.1. The first-order valence-electron chi connectivity index (χ1n) is 12.4. The van der Waals surface area contributed by atoms with Crippen LogP contribution >= 0.6 is 0 Å². The lowest BCUT2D eigenvalue weighted by Gasteiger charge is -2.38. The van der Waals surface area contributed by atoms with Crippen molar-refractivity contribution in [2.24, 2.45) is 29.6 Å². The van der Waals surface area contributed by atoms with Gasteiger partial charge in [-0.15, -0.1) is 0 Å². The van der Waals surface area contributed by atoms with Crippen LogP contribution in [0.3, 0.4) is 0 Å². The highest BCUT2D eigenvalue weighted by Gasteiger charge is 2.29. The highest BCUT2D eigenvalue weighted by Crippen LogP contribution is 2.31. The molecule has 0 bridgehead atoms. The Balaban J connectivity index is 0.000000194. The molecule has 3 fully saturated rings. The maximum absolute atomic E-state index is 2.76. The quantitative estimate of drug-likeness (QED) is 0.566. The third-order valence-corrected chi connectivity index (χ3v) is 8.01. The van der Waals surface area contributed by atoms with Crippen molar-refractivity contribution in [2.75, 3.05) is 32.7 Å². The molecule has 0 aromatic heterocycles. The lowest BCUT2D eigenvalue weighted by Crippen LogP contribution is -2.43. The van der Waals surface area contributed by atoms with Crippen LogP contribution in [0.5, 0.6) is 0 Å². The van der Waals surface area contributed by atoms with E-state index in [-0.39, 0.29) is 0 Å². The van der Waals surface area contributed by atoms with Crippen molar-refractivity contribution in [3.63, 3.8) is 0 Å². The molecule has 0 N–H and O–H groups in total. The second-order valence-electron chi connectivity index (χ2n) is 10.5. The summed E-state index contributed by atoms with van der Waals surface area (Å²) in [7, 11) is 0. The second kappa shape index (κ2) is 11.8. The molecule has 0 amide bonds. The molecule has 0 radical (unpaired) electrons. The summed E-state index contributed by atoms with van der Waals surface area (Å²) in [4.78, 5) is 5.41. The summed E-state index contributed by atoms with van der Waals surface area (Å²) in [5.41, 5.74) is 0. The fourth-order valence-electron chi connectivity index (χ4n) is 5.75. The predicted molar refractivity (Wildman–Crippen MR) is 120 cm³/mol. The van der Waals surface area contributed by atoms with Crippen LogP contribution in [0.1, 0.15) is 92.9 Å². The van der Waals surface area contributed by atoms with Crippen molar-refractivity contribution >= 4 is 0 Å². The van der Waals surface area contributed by atoms with E-state index in [0.717, 1.165) is 35.6 Å². The molecule has 2 nitrogen and oxygen atoms in total. The molecule has 3 rings (SSSR count). The molecule has 27 heavy (non-hydrogen) atoms. The van der Waals surface area contributed by atoms with Gasteiger partial charge in [-0.1, -0.05) is 54.4 Å². The second-order valence-corrected chi connectivity index (χ2v) is 10.5. The minimum atomic E-state index is 0.867. The Morgan fingerprint density at radius 2 is 1.41 bits per heavy atom. The standard InChI is InChI=1S/C13H27N.C12H23N/c1-5-8-14-9-6-12(4)13(7-10-14)11(2)3;1-10-7-8-13(9-11(10)2)12-5-3-4-6-12/h11-13H,5-10H2,1-4H3;10-12H,3-9H2,1-2H3/t12-,13-;10-,11+/m01/s1. The minimum Gasteiger partial charge on any atom is -0.303 e. The van der Waals surface area contributed by atoms with Gasteiger partial charge in [-0.3, -0.25) is 0 Å². The summed E-state index contributed by atoms with van der Waals surface area (Å²) < 4.78 is 0. The molecule has 0 aromatic rings. The summed E-state index contributed by atoms with van der Waals surface area (Å²) in [6.07, 6.45) is 11.5. The summed E-state index contributed by atoms with van der Waals surface area (Å²) >= 11 is 0. The van der Waals surface area contributed by atoms with Crippen LogP contribution < -0.4 is 0 Å². The first-order chi connectivity index (χ1) is 12.9. The summed E-state index contributed by atoms with van der Waals surface area (Å²) in [6.45, 7) is 21.0. The molecular weight excluding hydrogens is 328 g/mol. The zero-order chi connectivity index (χ0) is 19.8. The van der Waals surface area contributed by atoms with Gasteiger partial charge in [0.2, 0.25) is 0 Å². The van der Waals surface area contributed by atoms with Gasteiger partial charge in [0.05, 0.1) is 0 Å². The summed E-state index contributed by atoms with van der Waals surface area (Å²) in [5, 5.41) is 0. The highest BCUT2D eigenvalue weighted by molar-refractivity contribution is 4.83. The van der Waals surface area contributed by atoms with Gasteiger partial charge < -0.3 is 9.80 Å².